The highest BCUT2D eigenvalue weighted by Gasteiger charge is 2.41. The molecule has 0 saturated carbocycles. The lowest BCUT2D eigenvalue weighted by Gasteiger charge is -2.31. The van der Waals surface area contributed by atoms with E-state index in [-0.39, 0.29) is 5.54 Å². The summed E-state index contributed by atoms with van der Waals surface area (Å²) in [6.45, 7) is 2.24. The molecule has 0 amide bonds. The zero-order valence-corrected chi connectivity index (χ0v) is 7.58. The van der Waals surface area contributed by atoms with Crippen molar-refractivity contribution in [2.24, 2.45) is 0 Å². The summed E-state index contributed by atoms with van der Waals surface area (Å²) in [4.78, 5) is 0. The van der Waals surface area contributed by atoms with Crippen LogP contribution in [0.5, 0.6) is 0 Å². The third-order valence-corrected chi connectivity index (χ3v) is 3.65. The summed E-state index contributed by atoms with van der Waals surface area (Å²) in [5, 5.41) is 3.19. The average Bonchev–Trinajstić information content (AvgIpc) is 2.29. The van der Waals surface area contributed by atoms with Gasteiger partial charge in [-0.15, -0.1) is 0 Å². The molecule has 2 fully saturated rings. The maximum Gasteiger partial charge on any atom is 0.277 e. The Labute approximate surface area is 72.1 Å². The number of piperidine rings is 1. The van der Waals surface area contributed by atoms with Crippen LogP contribution < -0.4 is 14.8 Å². The molecular formula is C6H13N3O2S. The predicted molar refractivity (Wildman–Crippen MR) is 44.9 cm³/mol. The van der Waals surface area contributed by atoms with Gasteiger partial charge in [0.15, 0.2) is 0 Å². The van der Waals surface area contributed by atoms with Crippen molar-refractivity contribution in [2.45, 2.75) is 18.4 Å². The molecule has 0 radical (unpaired) electrons. The lowest BCUT2D eigenvalue weighted by molar-refractivity contribution is 0.309. The minimum absolute atomic E-state index is 0.253. The van der Waals surface area contributed by atoms with Crippen LogP contribution in [0.1, 0.15) is 12.8 Å². The van der Waals surface area contributed by atoms with Gasteiger partial charge in [0.05, 0.1) is 5.54 Å². The van der Waals surface area contributed by atoms with E-state index in [0.29, 0.717) is 6.54 Å². The van der Waals surface area contributed by atoms with Crippen molar-refractivity contribution in [3.8, 4) is 0 Å². The number of nitrogens with one attached hydrogen (secondary N) is 3. The Hall–Kier alpha value is -0.170. The van der Waals surface area contributed by atoms with Crippen LogP contribution in [0.25, 0.3) is 0 Å². The monoisotopic (exact) mass is 191 g/mol. The van der Waals surface area contributed by atoms with Gasteiger partial charge in [0.1, 0.15) is 0 Å². The van der Waals surface area contributed by atoms with Crippen molar-refractivity contribution in [2.75, 3.05) is 19.6 Å². The topological polar surface area (TPSA) is 70.2 Å². The quantitative estimate of drug-likeness (QED) is 0.438. The minimum Gasteiger partial charge on any atom is -0.315 e. The van der Waals surface area contributed by atoms with E-state index in [9.17, 15) is 8.42 Å². The molecule has 3 N–H and O–H groups in total. The molecule has 0 bridgehead atoms. The second-order valence-corrected chi connectivity index (χ2v) is 4.99. The van der Waals surface area contributed by atoms with Crippen LogP contribution in [0, 0.1) is 0 Å². The van der Waals surface area contributed by atoms with Crippen molar-refractivity contribution in [1.82, 2.24) is 14.8 Å². The molecule has 0 aromatic heterocycles. The molecule has 0 aromatic carbocycles. The van der Waals surface area contributed by atoms with Gasteiger partial charge in [-0.25, -0.2) is 4.72 Å². The highest BCUT2D eigenvalue weighted by atomic mass is 32.2. The normalized spacial score (nSPS) is 40.3. The molecule has 2 rings (SSSR count). The van der Waals surface area contributed by atoms with E-state index >= 15 is 0 Å². The van der Waals surface area contributed by atoms with Crippen LogP contribution >= 0.6 is 0 Å². The molecule has 2 saturated heterocycles. The Morgan fingerprint density at radius 1 is 1.25 bits per heavy atom. The van der Waals surface area contributed by atoms with E-state index in [1.165, 1.54) is 0 Å². The zero-order chi connectivity index (χ0) is 8.66. The molecular weight excluding hydrogens is 178 g/mol. The molecule has 2 heterocycles. The van der Waals surface area contributed by atoms with Crippen molar-refractivity contribution in [1.29, 1.82) is 0 Å². The smallest absolute Gasteiger partial charge is 0.277 e. The van der Waals surface area contributed by atoms with E-state index in [4.69, 9.17) is 0 Å². The summed E-state index contributed by atoms with van der Waals surface area (Å²) in [5.41, 5.74) is -0.253. The van der Waals surface area contributed by atoms with Gasteiger partial charge in [-0.1, -0.05) is 0 Å². The highest BCUT2D eigenvalue weighted by molar-refractivity contribution is 7.87. The summed E-state index contributed by atoms with van der Waals surface area (Å²) < 4.78 is 27.2. The van der Waals surface area contributed by atoms with Crippen molar-refractivity contribution >= 4 is 10.2 Å². The molecule has 1 atom stereocenters. The summed E-state index contributed by atoms with van der Waals surface area (Å²) in [7, 11) is -3.19. The Bertz CT molecular complexity index is 269. The van der Waals surface area contributed by atoms with Crippen LogP contribution in [0.2, 0.25) is 0 Å². The maximum atomic E-state index is 11.1. The van der Waals surface area contributed by atoms with Gasteiger partial charge in [-0.2, -0.15) is 13.1 Å². The molecule has 12 heavy (non-hydrogen) atoms. The molecule has 0 unspecified atom stereocenters. The van der Waals surface area contributed by atoms with Crippen LogP contribution in [-0.2, 0) is 10.2 Å². The first-order chi connectivity index (χ1) is 5.62. The van der Waals surface area contributed by atoms with E-state index < -0.39 is 10.2 Å². The van der Waals surface area contributed by atoms with Gasteiger partial charge >= 0.3 is 0 Å². The molecule has 6 heteroatoms. The van der Waals surface area contributed by atoms with Crippen molar-refractivity contribution in [3.05, 3.63) is 0 Å². The number of hydrogen-bond donors (Lipinski definition) is 3. The molecule has 5 nitrogen and oxygen atoms in total. The second-order valence-electron chi connectivity index (χ2n) is 3.49. The van der Waals surface area contributed by atoms with Gasteiger partial charge in [-0.3, -0.25) is 0 Å². The summed E-state index contributed by atoms with van der Waals surface area (Å²) in [6.07, 6.45) is 1.95. The number of rotatable bonds is 0. The fourth-order valence-electron chi connectivity index (χ4n) is 1.80. The zero-order valence-electron chi connectivity index (χ0n) is 6.76. The average molecular weight is 191 g/mol. The SMILES string of the molecule is O=S1(=O)NC[C@]2(CCCNC2)N1. The standard InChI is InChI=1S/C6H13N3O2S/c10-12(11)8-5-6(9-12)2-1-3-7-4-6/h7-9H,1-5H2/t6-/m1/s1. The van der Waals surface area contributed by atoms with Crippen molar-refractivity contribution in [3.63, 3.8) is 0 Å². The third-order valence-electron chi connectivity index (χ3n) is 2.42. The van der Waals surface area contributed by atoms with Crippen LogP contribution in [0.3, 0.4) is 0 Å². The van der Waals surface area contributed by atoms with E-state index in [2.05, 4.69) is 14.8 Å². The Kier molecular flexibility index (Phi) is 1.87. The fraction of sp³-hybridized carbons (Fsp3) is 1.00. The Morgan fingerprint density at radius 2 is 2.08 bits per heavy atom. The maximum absolute atomic E-state index is 11.1. The van der Waals surface area contributed by atoms with Crippen molar-refractivity contribution < 1.29 is 8.42 Å². The van der Waals surface area contributed by atoms with Crippen LogP contribution in [0.15, 0.2) is 0 Å². The van der Waals surface area contributed by atoms with Crippen LogP contribution in [-0.4, -0.2) is 33.6 Å². The number of hydrogen-bond acceptors (Lipinski definition) is 3. The van der Waals surface area contributed by atoms with E-state index in [0.717, 1.165) is 25.9 Å². The molecule has 2 aliphatic rings. The fourth-order valence-corrected chi connectivity index (χ4v) is 3.15. The van der Waals surface area contributed by atoms with Crippen LogP contribution in [0.4, 0.5) is 0 Å². The largest absolute Gasteiger partial charge is 0.315 e. The molecule has 0 aliphatic carbocycles. The third kappa shape index (κ3) is 1.47. The van der Waals surface area contributed by atoms with Gasteiger partial charge in [0.25, 0.3) is 10.2 Å². The minimum atomic E-state index is -3.19. The molecule has 70 valence electrons. The molecule has 0 aromatic rings. The first-order valence-corrected chi connectivity index (χ1v) is 5.60. The van der Waals surface area contributed by atoms with E-state index in [1.807, 2.05) is 0 Å². The first-order valence-electron chi connectivity index (χ1n) is 4.11. The molecule has 2 aliphatic heterocycles. The van der Waals surface area contributed by atoms with Gasteiger partial charge in [0.2, 0.25) is 0 Å². The Morgan fingerprint density at radius 3 is 2.58 bits per heavy atom. The summed E-state index contributed by atoms with van der Waals surface area (Å²) in [6, 6.07) is 0. The van der Waals surface area contributed by atoms with Gasteiger partial charge in [0, 0.05) is 13.1 Å². The van der Waals surface area contributed by atoms with Gasteiger partial charge in [-0.05, 0) is 19.4 Å². The summed E-state index contributed by atoms with van der Waals surface area (Å²) >= 11 is 0. The van der Waals surface area contributed by atoms with Gasteiger partial charge < -0.3 is 5.32 Å². The predicted octanol–water partition coefficient (Wildman–Crippen LogP) is -1.45. The highest BCUT2D eigenvalue weighted by Crippen LogP contribution is 2.19. The molecule has 1 spiro atoms. The lowest BCUT2D eigenvalue weighted by Crippen LogP contribution is -2.54. The lowest BCUT2D eigenvalue weighted by atomic mass is 9.92. The summed E-state index contributed by atoms with van der Waals surface area (Å²) in [5.74, 6) is 0. The first kappa shape index (κ1) is 8.43. The Balaban J connectivity index is 2.13. The van der Waals surface area contributed by atoms with E-state index in [1.54, 1.807) is 0 Å². The second kappa shape index (κ2) is 2.66.